The van der Waals surface area contributed by atoms with Crippen molar-refractivity contribution in [3.8, 4) is 55.6 Å². The lowest BCUT2D eigenvalue weighted by Crippen LogP contribution is -2.26. The van der Waals surface area contributed by atoms with Crippen molar-refractivity contribution < 1.29 is 0 Å². The van der Waals surface area contributed by atoms with E-state index in [1.54, 1.807) is 0 Å². The topological polar surface area (TPSA) is 3.24 Å². The highest BCUT2D eigenvalue weighted by Crippen LogP contribution is 2.64. The Kier molecular flexibility index (Phi) is 7.64. The Morgan fingerprint density at radius 3 is 1.57 bits per heavy atom. The van der Waals surface area contributed by atoms with Crippen LogP contribution in [0, 0.1) is 0 Å². The van der Waals surface area contributed by atoms with Crippen LogP contribution in [-0.2, 0) is 10.8 Å². The second-order valence-corrected chi connectivity index (χ2v) is 17.9. The number of rotatable bonds is 5. The third-order valence-corrected chi connectivity index (χ3v) is 14.5. The van der Waals surface area contributed by atoms with Gasteiger partial charge in [0.15, 0.2) is 0 Å². The molecule has 296 valence electrons. The fourth-order valence-electron chi connectivity index (χ4n) is 11.8. The fourth-order valence-corrected chi connectivity index (χ4v) is 11.8. The van der Waals surface area contributed by atoms with E-state index in [0.717, 1.165) is 17.1 Å². The Hall–Kier alpha value is -7.74. The molecule has 0 N–H and O–H groups in total. The summed E-state index contributed by atoms with van der Waals surface area (Å²) in [6, 6.07) is 84.1. The van der Waals surface area contributed by atoms with E-state index in [1.165, 1.54) is 99.8 Å². The average molecular weight is 802 g/mol. The van der Waals surface area contributed by atoms with Crippen molar-refractivity contribution in [3.05, 3.63) is 258 Å². The van der Waals surface area contributed by atoms with Crippen molar-refractivity contribution in [2.75, 3.05) is 4.90 Å². The maximum absolute atomic E-state index is 2.55. The molecule has 3 aliphatic carbocycles. The number of anilines is 3. The first-order valence-electron chi connectivity index (χ1n) is 22.2. The van der Waals surface area contributed by atoms with Gasteiger partial charge in [0.1, 0.15) is 0 Å². The van der Waals surface area contributed by atoms with Crippen LogP contribution in [0.1, 0.15) is 47.2 Å². The van der Waals surface area contributed by atoms with Crippen molar-refractivity contribution in [2.45, 2.75) is 24.7 Å². The van der Waals surface area contributed by atoms with Crippen LogP contribution in [0.3, 0.4) is 0 Å². The van der Waals surface area contributed by atoms with E-state index in [4.69, 9.17) is 0 Å². The van der Waals surface area contributed by atoms with Gasteiger partial charge < -0.3 is 4.90 Å². The zero-order valence-electron chi connectivity index (χ0n) is 35.3. The van der Waals surface area contributed by atoms with Gasteiger partial charge in [-0.05, 0) is 125 Å². The van der Waals surface area contributed by atoms with Crippen molar-refractivity contribution in [1.29, 1.82) is 0 Å². The minimum atomic E-state index is -0.501. The van der Waals surface area contributed by atoms with Crippen LogP contribution >= 0.6 is 0 Å². The molecule has 10 aromatic rings. The summed E-state index contributed by atoms with van der Waals surface area (Å²) in [6.45, 7) is 4.76. The Morgan fingerprint density at radius 2 is 0.841 bits per heavy atom. The van der Waals surface area contributed by atoms with Crippen molar-refractivity contribution in [1.82, 2.24) is 0 Å². The Morgan fingerprint density at radius 1 is 0.317 bits per heavy atom. The molecule has 1 heteroatoms. The van der Waals surface area contributed by atoms with Gasteiger partial charge in [0.25, 0.3) is 0 Å². The number of hydrogen-bond donors (Lipinski definition) is 0. The van der Waals surface area contributed by atoms with Gasteiger partial charge in [0, 0.05) is 22.4 Å². The predicted octanol–water partition coefficient (Wildman–Crippen LogP) is 16.3. The van der Waals surface area contributed by atoms with Crippen LogP contribution in [0.15, 0.2) is 224 Å². The third-order valence-electron chi connectivity index (χ3n) is 14.5. The normalized spacial score (nSPS) is 15.7. The molecule has 0 saturated carbocycles. The van der Waals surface area contributed by atoms with Gasteiger partial charge in [-0.1, -0.05) is 208 Å². The first-order valence-corrected chi connectivity index (χ1v) is 22.2. The summed E-state index contributed by atoms with van der Waals surface area (Å²) in [5.41, 5.74) is 23.5. The summed E-state index contributed by atoms with van der Waals surface area (Å²) in [5.74, 6) is 0. The molecule has 0 aliphatic heterocycles. The molecule has 1 atom stereocenters. The summed E-state index contributed by atoms with van der Waals surface area (Å²) in [5, 5.41) is 2.57. The second-order valence-electron chi connectivity index (χ2n) is 17.9. The number of fused-ring (bicyclic) bond motifs is 15. The summed E-state index contributed by atoms with van der Waals surface area (Å²) in [6.07, 6.45) is 0. The quantitative estimate of drug-likeness (QED) is 0.168. The Labute approximate surface area is 369 Å². The number of hydrogen-bond acceptors (Lipinski definition) is 1. The van der Waals surface area contributed by atoms with Gasteiger partial charge in [-0.3, -0.25) is 0 Å². The zero-order chi connectivity index (χ0) is 41.9. The SMILES string of the molecule is CC1(C)c2ccccc2-c2ccc(N(c3ccc4c(c3)C3(c5ccccc5-4)c4ccccc4-c4c3ccc3ccccc43)c3cccc(-c4ccccc4)c3-c3ccccc3)cc21. The summed E-state index contributed by atoms with van der Waals surface area (Å²) < 4.78 is 0. The van der Waals surface area contributed by atoms with Gasteiger partial charge in [0.05, 0.1) is 11.1 Å². The van der Waals surface area contributed by atoms with Gasteiger partial charge in [-0.2, -0.15) is 0 Å². The summed E-state index contributed by atoms with van der Waals surface area (Å²) in [7, 11) is 0. The van der Waals surface area contributed by atoms with E-state index < -0.39 is 5.41 Å². The summed E-state index contributed by atoms with van der Waals surface area (Å²) >= 11 is 0. The van der Waals surface area contributed by atoms with E-state index in [-0.39, 0.29) is 5.41 Å². The Bertz CT molecular complexity index is 3490. The molecule has 0 aromatic heterocycles. The molecule has 0 saturated heterocycles. The average Bonchev–Trinajstić information content (AvgIpc) is 3.90. The molecule has 0 fully saturated rings. The van der Waals surface area contributed by atoms with Crippen LogP contribution in [0.2, 0.25) is 0 Å². The third kappa shape index (κ3) is 4.94. The first-order chi connectivity index (χ1) is 31.0. The molecule has 1 unspecified atom stereocenters. The molecule has 13 rings (SSSR count). The van der Waals surface area contributed by atoms with Crippen LogP contribution < -0.4 is 4.90 Å². The molecule has 0 heterocycles. The van der Waals surface area contributed by atoms with Crippen LogP contribution in [0.4, 0.5) is 17.1 Å². The molecule has 0 amide bonds. The predicted molar refractivity (Wildman–Crippen MR) is 263 cm³/mol. The van der Waals surface area contributed by atoms with Gasteiger partial charge in [0.2, 0.25) is 0 Å². The van der Waals surface area contributed by atoms with Crippen LogP contribution in [0.5, 0.6) is 0 Å². The van der Waals surface area contributed by atoms with E-state index in [0.29, 0.717) is 0 Å². The zero-order valence-corrected chi connectivity index (χ0v) is 35.3. The first kappa shape index (κ1) is 36.0. The van der Waals surface area contributed by atoms with Gasteiger partial charge >= 0.3 is 0 Å². The van der Waals surface area contributed by atoms with Crippen LogP contribution in [-0.4, -0.2) is 0 Å². The van der Waals surface area contributed by atoms with Crippen molar-refractivity contribution in [3.63, 3.8) is 0 Å². The molecule has 3 aliphatic rings. The minimum Gasteiger partial charge on any atom is -0.310 e. The summed E-state index contributed by atoms with van der Waals surface area (Å²) in [4.78, 5) is 2.55. The molecular weight excluding hydrogens is 759 g/mol. The van der Waals surface area contributed by atoms with E-state index in [1.807, 2.05) is 0 Å². The number of benzene rings is 10. The maximum Gasteiger partial charge on any atom is 0.0726 e. The van der Waals surface area contributed by atoms with E-state index in [2.05, 4.69) is 243 Å². The lowest BCUT2D eigenvalue weighted by molar-refractivity contribution is 0.660. The number of nitrogens with zero attached hydrogens (tertiary/aromatic N) is 1. The fraction of sp³-hybridized carbons (Fsp3) is 0.0645. The lowest BCUT2D eigenvalue weighted by atomic mass is 9.70. The lowest BCUT2D eigenvalue weighted by Gasteiger charge is -2.33. The van der Waals surface area contributed by atoms with Crippen LogP contribution in [0.25, 0.3) is 66.4 Å². The highest BCUT2D eigenvalue weighted by Gasteiger charge is 2.52. The monoisotopic (exact) mass is 801 g/mol. The molecular formula is C62H43N. The maximum atomic E-state index is 2.55. The highest BCUT2D eigenvalue weighted by atomic mass is 15.1. The highest BCUT2D eigenvalue weighted by molar-refractivity contribution is 6.07. The molecule has 0 bridgehead atoms. The molecule has 0 radical (unpaired) electrons. The standard InChI is InChI=1S/C62H43N/c1-61(2)52-28-14-11-24-47(52)49-35-33-43(38-56(49)61)63(58-31-17-27-45(40-18-5-3-6-19-40)59(58)42-21-7-4-8-22-42)44-34-36-50-48-25-12-15-29-53(48)62(57(50)39-44)54-30-16-13-26-51(54)60-46-23-10-9-20-41(46)32-37-55(60)62/h3-39H,1-2H3. The van der Waals surface area contributed by atoms with Gasteiger partial charge in [-0.15, -0.1) is 0 Å². The largest absolute Gasteiger partial charge is 0.310 e. The second kappa shape index (κ2) is 13.4. The molecule has 63 heavy (non-hydrogen) atoms. The Balaban J connectivity index is 1.12. The van der Waals surface area contributed by atoms with Gasteiger partial charge in [-0.25, -0.2) is 0 Å². The van der Waals surface area contributed by atoms with E-state index in [9.17, 15) is 0 Å². The minimum absolute atomic E-state index is 0.161. The molecule has 10 aromatic carbocycles. The smallest absolute Gasteiger partial charge is 0.0726 e. The molecule has 1 nitrogen and oxygen atoms in total. The van der Waals surface area contributed by atoms with Crippen molar-refractivity contribution in [2.24, 2.45) is 0 Å². The van der Waals surface area contributed by atoms with Crippen molar-refractivity contribution >= 4 is 27.8 Å². The van der Waals surface area contributed by atoms with E-state index >= 15 is 0 Å². The molecule has 1 spiro atoms.